The van der Waals surface area contributed by atoms with Crippen LogP contribution in [-0.2, 0) is 0 Å². The van der Waals surface area contributed by atoms with Crippen molar-refractivity contribution in [2.24, 2.45) is 0 Å². The molecule has 3 rings (SSSR count). The van der Waals surface area contributed by atoms with Gasteiger partial charge in [-0.15, -0.1) is 10.2 Å². The minimum absolute atomic E-state index is 0.638. The molecule has 0 aliphatic heterocycles. The second-order valence-corrected chi connectivity index (χ2v) is 4.96. The van der Waals surface area contributed by atoms with E-state index in [4.69, 9.17) is 10.5 Å². The summed E-state index contributed by atoms with van der Waals surface area (Å²) in [6, 6.07) is 5.40. The average Bonchev–Trinajstić information content (AvgIpc) is 2.87. The fraction of sp³-hybridized carbons (Fsp3) is 0.182. The first-order valence-corrected chi connectivity index (χ1v) is 6.13. The monoisotopic (exact) mass is 261 g/mol. The zero-order chi connectivity index (χ0) is 12.7. The van der Waals surface area contributed by atoms with Crippen LogP contribution in [0.4, 0.5) is 5.69 Å². The SMILES string of the molecule is COc1ccc(N)cc1-c1nnc2sc(C)nn12. The van der Waals surface area contributed by atoms with E-state index in [1.807, 2.05) is 19.1 Å². The topological polar surface area (TPSA) is 78.3 Å². The lowest BCUT2D eigenvalue weighted by Crippen LogP contribution is -1.96. The van der Waals surface area contributed by atoms with E-state index < -0.39 is 0 Å². The van der Waals surface area contributed by atoms with Crippen molar-refractivity contribution >= 4 is 22.0 Å². The zero-order valence-corrected chi connectivity index (χ0v) is 10.7. The van der Waals surface area contributed by atoms with Gasteiger partial charge in [0.25, 0.3) is 0 Å². The fourth-order valence-corrected chi connectivity index (χ4v) is 2.46. The fourth-order valence-electron chi connectivity index (χ4n) is 1.78. The maximum Gasteiger partial charge on any atom is 0.234 e. The zero-order valence-electron chi connectivity index (χ0n) is 9.91. The third-order valence-electron chi connectivity index (χ3n) is 2.56. The molecule has 0 spiro atoms. The number of anilines is 1. The molecule has 0 saturated heterocycles. The molecular weight excluding hydrogens is 250 g/mol. The van der Waals surface area contributed by atoms with Crippen LogP contribution in [0.1, 0.15) is 5.01 Å². The molecule has 3 aromatic rings. The molecule has 7 heteroatoms. The lowest BCUT2D eigenvalue weighted by Gasteiger charge is -2.06. The van der Waals surface area contributed by atoms with Crippen LogP contribution in [0.3, 0.4) is 0 Å². The summed E-state index contributed by atoms with van der Waals surface area (Å²) in [4.78, 5) is 0.756. The van der Waals surface area contributed by atoms with Crippen LogP contribution in [0.25, 0.3) is 16.3 Å². The molecule has 0 radical (unpaired) electrons. The number of benzene rings is 1. The number of aromatic nitrogens is 4. The summed E-state index contributed by atoms with van der Waals surface area (Å²) in [5.41, 5.74) is 7.24. The third kappa shape index (κ3) is 1.60. The van der Waals surface area contributed by atoms with Crippen LogP contribution in [0, 0.1) is 6.92 Å². The van der Waals surface area contributed by atoms with E-state index in [0.29, 0.717) is 17.3 Å². The van der Waals surface area contributed by atoms with E-state index >= 15 is 0 Å². The second-order valence-electron chi connectivity index (χ2n) is 3.80. The van der Waals surface area contributed by atoms with Gasteiger partial charge in [-0.1, -0.05) is 11.3 Å². The van der Waals surface area contributed by atoms with Gasteiger partial charge >= 0.3 is 0 Å². The first-order chi connectivity index (χ1) is 8.69. The van der Waals surface area contributed by atoms with E-state index in [2.05, 4.69) is 15.3 Å². The predicted octanol–water partition coefficient (Wildman–Crippen LogP) is 1.75. The number of nitrogens with two attached hydrogens (primary N) is 1. The Hall–Kier alpha value is -2.15. The summed E-state index contributed by atoms with van der Waals surface area (Å²) in [5, 5.41) is 13.5. The summed E-state index contributed by atoms with van der Waals surface area (Å²) in [7, 11) is 1.61. The van der Waals surface area contributed by atoms with E-state index in [1.165, 1.54) is 11.3 Å². The number of aryl methyl sites for hydroxylation is 1. The van der Waals surface area contributed by atoms with Crippen molar-refractivity contribution in [2.75, 3.05) is 12.8 Å². The minimum atomic E-state index is 0.638. The highest BCUT2D eigenvalue weighted by Crippen LogP contribution is 2.31. The van der Waals surface area contributed by atoms with Gasteiger partial charge in [0.15, 0.2) is 5.82 Å². The molecule has 0 atom stereocenters. The lowest BCUT2D eigenvalue weighted by atomic mass is 10.1. The number of ether oxygens (including phenoxy) is 1. The maximum atomic E-state index is 5.81. The quantitative estimate of drug-likeness (QED) is 0.711. The highest BCUT2D eigenvalue weighted by Gasteiger charge is 2.16. The lowest BCUT2D eigenvalue weighted by molar-refractivity contribution is 0.416. The van der Waals surface area contributed by atoms with Crippen molar-refractivity contribution in [1.82, 2.24) is 19.8 Å². The molecule has 92 valence electrons. The Balaban J connectivity index is 2.27. The van der Waals surface area contributed by atoms with Crippen LogP contribution in [0.15, 0.2) is 18.2 Å². The Morgan fingerprint density at radius 2 is 2.17 bits per heavy atom. The molecule has 0 saturated carbocycles. The first-order valence-electron chi connectivity index (χ1n) is 5.32. The number of hydrogen-bond acceptors (Lipinski definition) is 6. The Labute approximate surface area is 107 Å². The van der Waals surface area contributed by atoms with Crippen molar-refractivity contribution in [3.05, 3.63) is 23.2 Å². The Bertz CT molecular complexity index is 717. The number of nitrogens with zero attached hydrogens (tertiary/aromatic N) is 4. The van der Waals surface area contributed by atoms with Gasteiger partial charge in [0.05, 0.1) is 12.7 Å². The number of fused-ring (bicyclic) bond motifs is 1. The highest BCUT2D eigenvalue weighted by atomic mass is 32.1. The van der Waals surface area contributed by atoms with Gasteiger partial charge in [-0.2, -0.15) is 9.61 Å². The van der Waals surface area contributed by atoms with Gasteiger partial charge in [-0.05, 0) is 25.1 Å². The summed E-state index contributed by atoms with van der Waals surface area (Å²) in [6.45, 7) is 1.93. The van der Waals surface area contributed by atoms with Crippen LogP contribution >= 0.6 is 11.3 Å². The Morgan fingerprint density at radius 1 is 1.33 bits per heavy atom. The van der Waals surface area contributed by atoms with Crippen molar-refractivity contribution in [3.63, 3.8) is 0 Å². The van der Waals surface area contributed by atoms with E-state index in [0.717, 1.165) is 15.5 Å². The number of rotatable bonds is 2. The normalized spacial score (nSPS) is 11.0. The highest BCUT2D eigenvalue weighted by molar-refractivity contribution is 7.16. The van der Waals surface area contributed by atoms with Gasteiger partial charge < -0.3 is 10.5 Å². The summed E-state index contributed by atoms with van der Waals surface area (Å²) in [6.07, 6.45) is 0. The predicted molar refractivity (Wildman–Crippen MR) is 69.8 cm³/mol. The Morgan fingerprint density at radius 3 is 2.94 bits per heavy atom. The molecule has 18 heavy (non-hydrogen) atoms. The summed E-state index contributed by atoms with van der Waals surface area (Å²) in [5.74, 6) is 1.34. The molecular formula is C11H11N5OS. The van der Waals surface area contributed by atoms with Crippen molar-refractivity contribution in [3.8, 4) is 17.1 Å². The van der Waals surface area contributed by atoms with Crippen molar-refractivity contribution < 1.29 is 4.74 Å². The smallest absolute Gasteiger partial charge is 0.234 e. The number of methoxy groups -OCH3 is 1. The molecule has 0 amide bonds. The molecule has 1 aromatic carbocycles. The maximum absolute atomic E-state index is 5.81. The molecule has 2 heterocycles. The van der Waals surface area contributed by atoms with Gasteiger partial charge in [0.2, 0.25) is 4.96 Å². The molecule has 0 bridgehead atoms. The summed E-state index contributed by atoms with van der Waals surface area (Å²) < 4.78 is 7.02. The van der Waals surface area contributed by atoms with Crippen LogP contribution in [0.5, 0.6) is 5.75 Å². The van der Waals surface area contributed by atoms with Crippen LogP contribution in [-0.4, -0.2) is 26.9 Å². The number of nitrogen functional groups attached to an aromatic ring is 1. The molecule has 2 N–H and O–H groups in total. The second kappa shape index (κ2) is 3.95. The molecule has 2 aromatic heterocycles. The van der Waals surface area contributed by atoms with Gasteiger partial charge in [-0.3, -0.25) is 0 Å². The standard InChI is InChI=1S/C11H11N5OS/c1-6-15-16-10(13-14-11(16)18-6)8-5-7(12)3-4-9(8)17-2/h3-5H,12H2,1-2H3. The average molecular weight is 261 g/mol. The van der Waals surface area contributed by atoms with Crippen LogP contribution < -0.4 is 10.5 Å². The van der Waals surface area contributed by atoms with Crippen molar-refractivity contribution in [1.29, 1.82) is 0 Å². The largest absolute Gasteiger partial charge is 0.496 e. The molecule has 0 fully saturated rings. The molecule has 6 nitrogen and oxygen atoms in total. The summed E-state index contributed by atoms with van der Waals surface area (Å²) >= 11 is 1.49. The van der Waals surface area contributed by atoms with E-state index in [-0.39, 0.29) is 0 Å². The van der Waals surface area contributed by atoms with Gasteiger partial charge in [-0.25, -0.2) is 0 Å². The van der Waals surface area contributed by atoms with Gasteiger partial charge in [0.1, 0.15) is 10.8 Å². The Kier molecular flexibility index (Phi) is 2.41. The number of hydrogen-bond donors (Lipinski definition) is 1. The van der Waals surface area contributed by atoms with Crippen LogP contribution in [0.2, 0.25) is 0 Å². The molecule has 0 unspecified atom stereocenters. The van der Waals surface area contributed by atoms with E-state index in [9.17, 15) is 0 Å². The van der Waals surface area contributed by atoms with Gasteiger partial charge in [0, 0.05) is 5.69 Å². The first kappa shape index (κ1) is 11.0. The molecule has 0 aliphatic rings. The third-order valence-corrected chi connectivity index (χ3v) is 3.37. The van der Waals surface area contributed by atoms with E-state index in [1.54, 1.807) is 17.7 Å². The van der Waals surface area contributed by atoms with Crippen molar-refractivity contribution in [2.45, 2.75) is 6.92 Å². The minimum Gasteiger partial charge on any atom is -0.496 e. The molecule has 0 aliphatic carbocycles.